The fraction of sp³-hybridized carbons (Fsp3) is 0.500. The summed E-state index contributed by atoms with van der Waals surface area (Å²) in [5, 5.41) is 0. The number of hydrogen-bond acceptors (Lipinski definition) is 4. The van der Waals surface area contributed by atoms with Gasteiger partial charge in [0.15, 0.2) is 0 Å². The SMILES string of the molecule is CCC/C(N)=C(\N)c1ccc(OC2CCCC(C=O)C2)cc1. The molecule has 2 rings (SSSR count). The summed E-state index contributed by atoms with van der Waals surface area (Å²) >= 11 is 0. The molecular weight excluding hydrogens is 276 g/mol. The van der Waals surface area contributed by atoms with E-state index < -0.39 is 0 Å². The normalized spacial score (nSPS) is 22.8. The van der Waals surface area contributed by atoms with Crippen molar-refractivity contribution in [1.29, 1.82) is 0 Å². The van der Waals surface area contributed by atoms with Gasteiger partial charge in [-0.05, 0) is 61.9 Å². The third kappa shape index (κ3) is 4.26. The molecule has 1 aliphatic carbocycles. The minimum Gasteiger partial charge on any atom is -0.490 e. The lowest BCUT2D eigenvalue weighted by Gasteiger charge is -2.26. The quantitative estimate of drug-likeness (QED) is 0.791. The van der Waals surface area contributed by atoms with Gasteiger partial charge < -0.3 is 21.0 Å². The van der Waals surface area contributed by atoms with Gasteiger partial charge in [0, 0.05) is 11.6 Å². The van der Waals surface area contributed by atoms with Crippen LogP contribution in [0.15, 0.2) is 30.0 Å². The van der Waals surface area contributed by atoms with Crippen molar-refractivity contribution in [2.24, 2.45) is 17.4 Å². The van der Waals surface area contributed by atoms with Gasteiger partial charge in [-0.15, -0.1) is 0 Å². The van der Waals surface area contributed by atoms with Crippen LogP contribution < -0.4 is 16.2 Å². The van der Waals surface area contributed by atoms with Crippen LogP contribution in [0.2, 0.25) is 0 Å². The summed E-state index contributed by atoms with van der Waals surface area (Å²) in [7, 11) is 0. The molecule has 22 heavy (non-hydrogen) atoms. The molecule has 0 heterocycles. The summed E-state index contributed by atoms with van der Waals surface area (Å²) in [5.74, 6) is 0.965. The number of ether oxygens (including phenoxy) is 1. The summed E-state index contributed by atoms with van der Waals surface area (Å²) in [5.41, 5.74) is 14.3. The van der Waals surface area contributed by atoms with E-state index in [0.29, 0.717) is 5.70 Å². The second kappa shape index (κ2) is 7.87. The van der Waals surface area contributed by atoms with Gasteiger partial charge in [-0.3, -0.25) is 0 Å². The van der Waals surface area contributed by atoms with Crippen molar-refractivity contribution in [3.05, 3.63) is 35.5 Å². The number of carbonyl (C=O) groups excluding carboxylic acids is 1. The summed E-state index contributed by atoms with van der Waals surface area (Å²) in [4.78, 5) is 10.9. The van der Waals surface area contributed by atoms with Gasteiger partial charge in [-0.2, -0.15) is 0 Å². The van der Waals surface area contributed by atoms with Crippen LogP contribution in [0.5, 0.6) is 5.75 Å². The van der Waals surface area contributed by atoms with Crippen molar-refractivity contribution in [3.8, 4) is 5.75 Å². The lowest BCUT2D eigenvalue weighted by Crippen LogP contribution is -2.26. The van der Waals surface area contributed by atoms with Crippen molar-refractivity contribution in [1.82, 2.24) is 0 Å². The lowest BCUT2D eigenvalue weighted by atomic mass is 9.88. The highest BCUT2D eigenvalue weighted by molar-refractivity contribution is 5.65. The average molecular weight is 302 g/mol. The van der Waals surface area contributed by atoms with Crippen LogP contribution in [0.4, 0.5) is 0 Å². The van der Waals surface area contributed by atoms with Gasteiger partial charge in [0.2, 0.25) is 0 Å². The number of rotatable bonds is 6. The zero-order valence-corrected chi connectivity index (χ0v) is 13.3. The molecule has 0 amide bonds. The van der Waals surface area contributed by atoms with Crippen LogP contribution in [-0.4, -0.2) is 12.4 Å². The summed E-state index contributed by atoms with van der Waals surface area (Å²) in [6.45, 7) is 2.08. The van der Waals surface area contributed by atoms with Crippen LogP contribution in [0.25, 0.3) is 5.70 Å². The topological polar surface area (TPSA) is 78.3 Å². The van der Waals surface area contributed by atoms with E-state index in [1.54, 1.807) is 0 Å². The number of benzene rings is 1. The van der Waals surface area contributed by atoms with E-state index in [2.05, 4.69) is 6.92 Å². The van der Waals surface area contributed by atoms with Crippen LogP contribution >= 0.6 is 0 Å². The third-order valence-corrected chi connectivity index (χ3v) is 4.19. The van der Waals surface area contributed by atoms with E-state index in [4.69, 9.17) is 16.2 Å². The lowest BCUT2D eigenvalue weighted by molar-refractivity contribution is -0.112. The fourth-order valence-electron chi connectivity index (χ4n) is 2.91. The Bertz CT molecular complexity index is 522. The monoisotopic (exact) mass is 302 g/mol. The zero-order chi connectivity index (χ0) is 15.9. The molecule has 4 N–H and O–H groups in total. The molecule has 1 fully saturated rings. The summed E-state index contributed by atoms with van der Waals surface area (Å²) < 4.78 is 5.98. The van der Waals surface area contributed by atoms with Gasteiger partial charge in [-0.25, -0.2) is 0 Å². The Hall–Kier alpha value is -1.97. The largest absolute Gasteiger partial charge is 0.490 e. The summed E-state index contributed by atoms with van der Waals surface area (Å²) in [6.07, 6.45) is 6.84. The van der Waals surface area contributed by atoms with Gasteiger partial charge in [0.25, 0.3) is 0 Å². The molecule has 0 aliphatic heterocycles. The first-order valence-corrected chi connectivity index (χ1v) is 8.10. The molecule has 1 aromatic rings. The first-order chi connectivity index (χ1) is 10.6. The van der Waals surface area contributed by atoms with E-state index in [1.807, 2.05) is 24.3 Å². The first-order valence-electron chi connectivity index (χ1n) is 8.10. The Balaban J connectivity index is 2.00. The average Bonchev–Trinajstić information content (AvgIpc) is 2.55. The molecule has 4 heteroatoms. The Kier molecular flexibility index (Phi) is 5.87. The Labute approximate surface area is 132 Å². The van der Waals surface area contributed by atoms with Crippen molar-refractivity contribution in [3.63, 3.8) is 0 Å². The third-order valence-electron chi connectivity index (χ3n) is 4.19. The Morgan fingerprint density at radius 1 is 1.27 bits per heavy atom. The highest BCUT2D eigenvalue weighted by Crippen LogP contribution is 2.27. The van der Waals surface area contributed by atoms with E-state index in [-0.39, 0.29) is 12.0 Å². The molecular formula is C18H26N2O2. The second-order valence-corrected chi connectivity index (χ2v) is 6.02. The molecule has 1 aromatic carbocycles. The van der Waals surface area contributed by atoms with E-state index in [0.717, 1.165) is 61.8 Å². The molecule has 120 valence electrons. The summed E-state index contributed by atoms with van der Waals surface area (Å²) in [6, 6.07) is 7.72. The van der Waals surface area contributed by atoms with Crippen molar-refractivity contribution >= 4 is 12.0 Å². The number of allylic oxidation sites excluding steroid dienone is 1. The minimum absolute atomic E-state index is 0.132. The van der Waals surface area contributed by atoms with Crippen LogP contribution in [-0.2, 0) is 4.79 Å². The molecule has 0 bridgehead atoms. The molecule has 0 radical (unpaired) electrons. The maximum Gasteiger partial charge on any atom is 0.123 e. The Morgan fingerprint density at radius 2 is 2.00 bits per heavy atom. The van der Waals surface area contributed by atoms with Crippen molar-refractivity contribution in [2.45, 2.75) is 51.6 Å². The molecule has 0 aromatic heterocycles. The van der Waals surface area contributed by atoms with E-state index >= 15 is 0 Å². The first kappa shape index (κ1) is 16.4. The standard InChI is InChI=1S/C18H26N2O2/c1-2-4-17(19)18(20)14-7-9-15(10-8-14)22-16-6-3-5-13(11-16)12-21/h7-10,12-13,16H,2-6,11,19-20H2,1H3/b18-17+. The molecule has 0 saturated heterocycles. The molecule has 1 saturated carbocycles. The smallest absolute Gasteiger partial charge is 0.123 e. The second-order valence-electron chi connectivity index (χ2n) is 6.02. The van der Waals surface area contributed by atoms with Crippen molar-refractivity contribution < 1.29 is 9.53 Å². The fourth-order valence-corrected chi connectivity index (χ4v) is 2.91. The van der Waals surface area contributed by atoms with Crippen molar-refractivity contribution in [2.75, 3.05) is 0 Å². The molecule has 2 atom stereocenters. The number of hydrogen-bond donors (Lipinski definition) is 2. The van der Waals surface area contributed by atoms with Gasteiger partial charge in [0.05, 0.1) is 11.8 Å². The number of carbonyl (C=O) groups is 1. The van der Waals surface area contributed by atoms with Gasteiger partial charge in [0.1, 0.15) is 12.0 Å². The van der Waals surface area contributed by atoms with Gasteiger partial charge >= 0.3 is 0 Å². The van der Waals surface area contributed by atoms with E-state index in [9.17, 15) is 4.79 Å². The predicted octanol–water partition coefficient (Wildman–Crippen LogP) is 3.21. The molecule has 2 unspecified atom stereocenters. The molecule has 1 aliphatic rings. The zero-order valence-electron chi connectivity index (χ0n) is 13.3. The van der Waals surface area contributed by atoms with E-state index in [1.165, 1.54) is 0 Å². The highest BCUT2D eigenvalue weighted by atomic mass is 16.5. The molecule has 4 nitrogen and oxygen atoms in total. The van der Waals surface area contributed by atoms with Gasteiger partial charge in [-0.1, -0.05) is 13.3 Å². The highest BCUT2D eigenvalue weighted by Gasteiger charge is 2.22. The maximum absolute atomic E-state index is 10.9. The van der Waals surface area contributed by atoms with Crippen LogP contribution in [0.3, 0.4) is 0 Å². The number of nitrogens with two attached hydrogens (primary N) is 2. The van der Waals surface area contributed by atoms with Crippen LogP contribution in [0.1, 0.15) is 51.0 Å². The predicted molar refractivity (Wildman–Crippen MR) is 89.1 cm³/mol. The minimum atomic E-state index is 0.132. The van der Waals surface area contributed by atoms with Crippen LogP contribution in [0, 0.1) is 5.92 Å². The Morgan fingerprint density at radius 3 is 2.64 bits per heavy atom. The maximum atomic E-state index is 10.9. The molecule has 0 spiro atoms. The number of aldehydes is 1.